The van der Waals surface area contributed by atoms with Gasteiger partial charge in [-0.05, 0) is 242 Å². The first-order chi connectivity index (χ1) is 35.0. The highest BCUT2D eigenvalue weighted by molar-refractivity contribution is 6.75. The van der Waals surface area contributed by atoms with Gasteiger partial charge < -0.3 is 9.84 Å². The fourth-order valence-electron chi connectivity index (χ4n) is 20.0. The first-order valence-electron chi connectivity index (χ1n) is 29.9. The topological polar surface area (TPSA) is 89.7 Å². The highest BCUT2D eigenvalue weighted by Gasteiger charge is 2.65. The van der Waals surface area contributed by atoms with Crippen LogP contribution in [0.5, 0.6) is 0 Å². The minimum absolute atomic E-state index is 0.0179. The van der Waals surface area contributed by atoms with Crippen LogP contribution in [-0.4, -0.2) is 43.7 Å². The molecule has 4 saturated carbocycles. The summed E-state index contributed by atoms with van der Waals surface area (Å²) in [7, 11) is 5.00. The van der Waals surface area contributed by atoms with Gasteiger partial charge in [0.15, 0.2) is 0 Å². The van der Waals surface area contributed by atoms with Gasteiger partial charge in [0.05, 0.1) is 16.6 Å². The Morgan fingerprint density at radius 1 is 0.640 bits per heavy atom. The molecule has 0 aliphatic heterocycles. The molecule has 1 aromatic rings. The summed E-state index contributed by atoms with van der Waals surface area (Å²) in [4.78, 5) is 23.7. The predicted octanol–water partition coefficient (Wildman–Crippen LogP) is 17.2. The molecule has 6 nitrogen and oxygen atoms in total. The largest absolute Gasteiger partial charge is 0.458 e. The minimum atomic E-state index is -0.446. The van der Waals surface area contributed by atoms with Gasteiger partial charge in [-0.2, -0.15) is 7.74 Å². The zero-order valence-corrected chi connectivity index (χ0v) is 49.8. The number of hydrogen-bond donors (Lipinski definition) is 1. The van der Waals surface area contributed by atoms with E-state index < -0.39 is 4.92 Å². The number of benzene rings is 1. The van der Waals surface area contributed by atoms with Gasteiger partial charge in [0, 0.05) is 17.5 Å². The summed E-state index contributed by atoms with van der Waals surface area (Å²) in [5.74, 6) is 3.95. The number of aliphatic hydroxyl groups excluding tert-OH is 1. The van der Waals surface area contributed by atoms with Gasteiger partial charge in [0.1, 0.15) is 6.10 Å². The van der Waals surface area contributed by atoms with Crippen LogP contribution in [0.15, 0.2) is 69.9 Å². The third-order valence-corrected chi connectivity index (χ3v) is 24.8. The molecule has 416 valence electrons. The van der Waals surface area contributed by atoms with Crippen LogP contribution in [-0.2, 0) is 4.74 Å². The Morgan fingerprint density at radius 2 is 1.07 bits per heavy atom. The van der Waals surface area contributed by atoms with E-state index in [1.165, 1.54) is 138 Å². The number of nitro groups is 1. The molecule has 1 aromatic carbocycles. The number of carbonyl (C=O) groups is 1. The molecule has 1 N–H and O–H groups in total. The van der Waals surface area contributed by atoms with E-state index >= 15 is 0 Å². The summed E-state index contributed by atoms with van der Waals surface area (Å²) in [5.41, 5.74) is 12.4. The molecule has 0 aromatic heterocycles. The lowest BCUT2D eigenvalue weighted by atomic mass is 9.43. The lowest BCUT2D eigenvalue weighted by Crippen LogP contribution is -2.55. The van der Waals surface area contributed by atoms with E-state index in [0.717, 1.165) is 49.4 Å². The Labute approximate surface area is 460 Å². The Morgan fingerprint density at radius 3 is 1.49 bits per heavy atom. The lowest BCUT2D eigenvalue weighted by molar-refractivity contribution is -0.384. The highest BCUT2D eigenvalue weighted by Crippen LogP contribution is 2.74. The maximum Gasteiger partial charge on any atom is 0.338 e. The van der Waals surface area contributed by atoms with Crippen LogP contribution in [0.3, 0.4) is 0 Å². The maximum absolute atomic E-state index is 13.1. The standard InChI is InChI=1S/C37H53NO4.C30H50O.B2H3/c1-24(2)10-9-11-25(3)28-18-22-37(8)30-16-17-31-34(4,5)32(20-21-35(31,6)29(30)19-23-36(28,37)7)42-33(39)26-12-14-27(15-13-26)38(40)41;1-20(2)10-9-11-21(3)22-14-18-30(8)24-12-13-25-27(4,5)26(31)16-17-28(25,6)23(24)15-19-29(22,30)7;1-2/h10,12-15,25,28,31-32H,9,11,16-23H2,1-8H3;10,21-22,25-26,31H,9,11-19H2,1-8H3;1H3/q;;-1/t25-,28-,31?,32+,35-,36-,37+;21-,22-,25?,26+,28-,29-,30+;/m11./s1. The number of nitrogens with zero attached hydrogens (tertiary/aromatic N) is 1. The summed E-state index contributed by atoms with van der Waals surface area (Å²) in [6, 6.07) is 5.78. The monoisotopic (exact) mass is 1030 g/mol. The molecule has 0 saturated heterocycles. The molecule has 0 amide bonds. The fraction of sp³-hybridized carbons (Fsp3) is 0.776. The van der Waals surface area contributed by atoms with E-state index in [1.54, 1.807) is 11.1 Å². The number of rotatable bonds is 11. The SMILES string of the molecule is CC(C)=CCC[C@@H](C)[C@H]1CC[C@@]2(C)C3=C(CC[C@]12C)[C@@]1(C)CC[C@H](O)C(C)(C)C1CC3.CC(C)=CCC[C@@H](C)[C@H]1CC[C@@]2(C)C3=C(CC[C@]12C)[C@@]1(C)CC[C@H](OC(=O)c2ccc([N+](=O)[O-])cc2)C(C)(C)C1CC3.[B][BH3-]. The molecule has 8 heteroatoms. The van der Waals surface area contributed by atoms with Crippen molar-refractivity contribution in [1.29, 1.82) is 0 Å². The number of carbonyl (C=O) groups excluding carboxylic acids is 1. The molecule has 8 aliphatic rings. The van der Waals surface area contributed by atoms with Gasteiger partial charge in [-0.3, -0.25) is 10.1 Å². The highest BCUT2D eigenvalue weighted by atomic mass is 16.6. The molecule has 4 fully saturated rings. The summed E-state index contributed by atoms with van der Waals surface area (Å²) in [5, 5.41) is 21.8. The lowest BCUT2D eigenvalue weighted by Gasteiger charge is -2.62. The van der Waals surface area contributed by atoms with Gasteiger partial charge in [0.25, 0.3) is 5.69 Å². The number of fused-ring (bicyclic) bond motifs is 8. The van der Waals surface area contributed by atoms with E-state index in [9.17, 15) is 20.0 Å². The van der Waals surface area contributed by atoms with Crippen LogP contribution in [0.4, 0.5) is 5.69 Å². The van der Waals surface area contributed by atoms with Gasteiger partial charge >= 0.3 is 5.97 Å². The summed E-state index contributed by atoms with van der Waals surface area (Å²) in [6.45, 7) is 39.0. The summed E-state index contributed by atoms with van der Waals surface area (Å²) in [6.07, 6.45) is 29.3. The molecule has 75 heavy (non-hydrogen) atoms. The van der Waals surface area contributed by atoms with Crippen molar-refractivity contribution < 1.29 is 19.6 Å². The van der Waals surface area contributed by atoms with Crippen LogP contribution in [0, 0.1) is 88.9 Å². The quantitative estimate of drug-likeness (QED) is 0.0784. The normalized spacial score (nSPS) is 38.7. The molecule has 9 rings (SSSR count). The van der Waals surface area contributed by atoms with Crippen molar-refractivity contribution in [3.05, 3.63) is 85.5 Å². The Kier molecular flexibility index (Phi) is 17.5. The third-order valence-electron chi connectivity index (χ3n) is 24.8. The molecular weight excluding hydrogens is 920 g/mol. The zero-order valence-electron chi connectivity index (χ0n) is 49.8. The number of non-ortho nitro benzene ring substituents is 1. The molecule has 14 atom stereocenters. The average Bonchev–Trinajstić information content (AvgIpc) is 3.80. The average molecular weight is 1030 g/mol. The Balaban J connectivity index is 0.000000221. The van der Waals surface area contributed by atoms with Crippen molar-refractivity contribution in [3.8, 4) is 0 Å². The predicted molar refractivity (Wildman–Crippen MR) is 318 cm³/mol. The van der Waals surface area contributed by atoms with Crippen molar-refractivity contribution in [3.63, 3.8) is 0 Å². The van der Waals surface area contributed by atoms with E-state index in [2.05, 4.69) is 123 Å². The van der Waals surface area contributed by atoms with Gasteiger partial charge in [0.2, 0.25) is 0 Å². The van der Waals surface area contributed by atoms with Crippen LogP contribution >= 0.6 is 0 Å². The number of ether oxygens (including phenoxy) is 1. The first kappa shape index (κ1) is 59.8. The van der Waals surface area contributed by atoms with Gasteiger partial charge in [-0.1, -0.05) is 136 Å². The molecule has 0 spiro atoms. The zero-order chi connectivity index (χ0) is 55.5. The van der Waals surface area contributed by atoms with E-state index in [0.29, 0.717) is 39.1 Å². The first-order valence-corrected chi connectivity index (χ1v) is 29.9. The van der Waals surface area contributed by atoms with Crippen molar-refractivity contribution in [2.24, 2.45) is 78.8 Å². The fourth-order valence-corrected chi connectivity index (χ4v) is 20.0. The van der Waals surface area contributed by atoms with Crippen LogP contribution in [0.25, 0.3) is 0 Å². The van der Waals surface area contributed by atoms with Crippen molar-refractivity contribution in [2.75, 3.05) is 0 Å². The molecule has 0 heterocycles. The molecule has 2 unspecified atom stereocenters. The van der Waals surface area contributed by atoms with E-state index in [4.69, 9.17) is 12.5 Å². The second-order valence-electron chi connectivity index (χ2n) is 29.3. The maximum atomic E-state index is 13.1. The van der Waals surface area contributed by atoms with Gasteiger partial charge in [-0.25, -0.2) is 4.79 Å². The number of allylic oxidation sites excluding steroid dienone is 8. The molecule has 8 aliphatic carbocycles. The van der Waals surface area contributed by atoms with Crippen LogP contribution in [0.2, 0.25) is 0 Å². The Bertz CT molecular complexity index is 2390. The smallest absolute Gasteiger partial charge is 0.338 e. The van der Waals surface area contributed by atoms with Crippen molar-refractivity contribution in [2.45, 2.75) is 251 Å². The van der Waals surface area contributed by atoms with Crippen molar-refractivity contribution in [1.82, 2.24) is 0 Å². The second kappa shape index (κ2) is 22.0. The van der Waals surface area contributed by atoms with Gasteiger partial charge in [-0.15, -0.1) is 0 Å². The molecule has 2 radical (unpaired) electrons. The number of nitro benzene ring substituents is 1. The number of hydrogen-bond acceptors (Lipinski definition) is 5. The van der Waals surface area contributed by atoms with E-state index in [1.807, 2.05) is 11.1 Å². The number of esters is 1. The molecular formula is C67H106B2NO5-. The minimum Gasteiger partial charge on any atom is -0.458 e. The third kappa shape index (κ3) is 10.1. The molecule has 0 bridgehead atoms. The van der Waals surface area contributed by atoms with Crippen molar-refractivity contribution >= 4 is 27.1 Å². The van der Waals surface area contributed by atoms with Crippen LogP contribution in [0.1, 0.15) is 250 Å². The number of aliphatic hydroxyl groups is 1. The second-order valence-corrected chi connectivity index (χ2v) is 29.3. The van der Waals surface area contributed by atoms with Crippen LogP contribution < -0.4 is 0 Å². The Hall–Kier alpha value is -2.86. The van der Waals surface area contributed by atoms with E-state index in [-0.39, 0.29) is 53.3 Å². The summed E-state index contributed by atoms with van der Waals surface area (Å²) >= 11 is 0. The summed E-state index contributed by atoms with van der Waals surface area (Å²) < 4.78 is 6.19.